The molecule has 1 amide bonds. The second-order valence-corrected chi connectivity index (χ2v) is 7.45. The van der Waals surface area contributed by atoms with E-state index in [0.717, 1.165) is 50.2 Å². The Kier molecular flexibility index (Phi) is 5.43. The highest BCUT2D eigenvalue weighted by Crippen LogP contribution is 2.18. The van der Waals surface area contributed by atoms with Crippen molar-refractivity contribution in [1.82, 2.24) is 9.80 Å². The van der Waals surface area contributed by atoms with Crippen molar-refractivity contribution in [2.45, 2.75) is 39.2 Å². The zero-order chi connectivity index (χ0) is 15.5. The second kappa shape index (κ2) is 6.92. The Morgan fingerprint density at radius 3 is 2.48 bits per heavy atom. The number of hydrogen-bond acceptors (Lipinski definition) is 4. The standard InChI is InChI=1S/C15H24BrN3O2/c1-15(2,3)21-14(20)19-8-6-18(7-9-19)11-12-4-5-13(16)17-10-12/h10H,4-9,11H2,1-3H3. The van der Waals surface area contributed by atoms with Crippen LogP contribution in [0.4, 0.5) is 4.79 Å². The van der Waals surface area contributed by atoms with E-state index >= 15 is 0 Å². The molecule has 0 radical (unpaired) electrons. The Morgan fingerprint density at radius 2 is 1.95 bits per heavy atom. The average Bonchev–Trinajstić information content (AvgIpc) is 2.40. The summed E-state index contributed by atoms with van der Waals surface area (Å²) in [6.45, 7) is 9.89. The van der Waals surface area contributed by atoms with Gasteiger partial charge in [-0.3, -0.25) is 9.89 Å². The van der Waals surface area contributed by atoms with E-state index in [0.29, 0.717) is 0 Å². The molecule has 0 atom stereocenters. The third-order valence-corrected chi connectivity index (χ3v) is 4.09. The molecule has 0 unspecified atom stereocenters. The van der Waals surface area contributed by atoms with E-state index in [-0.39, 0.29) is 6.09 Å². The van der Waals surface area contributed by atoms with Gasteiger partial charge in [-0.2, -0.15) is 0 Å². The molecule has 0 bridgehead atoms. The maximum absolute atomic E-state index is 12.0. The summed E-state index contributed by atoms with van der Waals surface area (Å²) < 4.78 is 6.44. The molecule has 0 spiro atoms. The van der Waals surface area contributed by atoms with Gasteiger partial charge in [0.15, 0.2) is 0 Å². The first kappa shape index (κ1) is 16.5. The Bertz CT molecular complexity index is 446. The highest BCUT2D eigenvalue weighted by molar-refractivity contribution is 9.18. The summed E-state index contributed by atoms with van der Waals surface area (Å²) in [4.78, 5) is 20.5. The Balaban J connectivity index is 1.77. The molecule has 1 fully saturated rings. The number of carbonyl (C=O) groups is 1. The van der Waals surface area contributed by atoms with E-state index in [2.05, 4.69) is 25.8 Å². The Labute approximate surface area is 135 Å². The van der Waals surface area contributed by atoms with Crippen molar-refractivity contribution in [3.63, 3.8) is 0 Å². The number of nitrogens with zero attached hydrogens (tertiary/aromatic N) is 3. The lowest BCUT2D eigenvalue weighted by Gasteiger charge is -2.36. The fourth-order valence-corrected chi connectivity index (χ4v) is 2.68. The third-order valence-electron chi connectivity index (χ3n) is 3.49. The smallest absolute Gasteiger partial charge is 0.410 e. The number of ether oxygens (including phenoxy) is 1. The number of rotatable bonds is 2. The molecular formula is C15H24BrN3O2. The van der Waals surface area contributed by atoms with Gasteiger partial charge in [-0.1, -0.05) is 0 Å². The Hall–Kier alpha value is -0.880. The quantitative estimate of drug-likeness (QED) is 0.762. The molecular weight excluding hydrogens is 334 g/mol. The number of halogens is 1. The van der Waals surface area contributed by atoms with Gasteiger partial charge in [-0.15, -0.1) is 0 Å². The predicted molar refractivity (Wildman–Crippen MR) is 87.9 cm³/mol. The van der Waals surface area contributed by atoms with Crippen LogP contribution in [0.1, 0.15) is 33.6 Å². The van der Waals surface area contributed by atoms with Gasteiger partial charge in [0.25, 0.3) is 0 Å². The van der Waals surface area contributed by atoms with E-state index in [1.54, 1.807) is 4.90 Å². The minimum absolute atomic E-state index is 0.201. The lowest BCUT2D eigenvalue weighted by molar-refractivity contribution is 0.0152. The normalized spacial score (nSPS) is 20.9. The molecule has 0 aromatic rings. The van der Waals surface area contributed by atoms with Gasteiger partial charge in [0, 0.05) is 45.3 Å². The van der Waals surface area contributed by atoms with E-state index in [9.17, 15) is 4.79 Å². The summed E-state index contributed by atoms with van der Waals surface area (Å²) in [5, 5.41) is 0. The molecule has 2 rings (SSSR count). The lowest BCUT2D eigenvalue weighted by atomic mass is 10.1. The zero-order valence-corrected chi connectivity index (χ0v) is 14.6. The molecule has 6 heteroatoms. The maximum Gasteiger partial charge on any atom is 0.410 e. The molecule has 0 saturated carbocycles. The van der Waals surface area contributed by atoms with Crippen LogP contribution < -0.4 is 0 Å². The molecule has 0 aromatic heterocycles. The number of hydrogen-bond donors (Lipinski definition) is 0. The molecule has 2 aliphatic heterocycles. The summed E-state index contributed by atoms with van der Waals surface area (Å²) in [7, 11) is 0. The minimum Gasteiger partial charge on any atom is -0.444 e. The van der Waals surface area contributed by atoms with Crippen molar-refractivity contribution in [1.29, 1.82) is 0 Å². The van der Waals surface area contributed by atoms with Crippen LogP contribution in [-0.2, 0) is 4.74 Å². The highest BCUT2D eigenvalue weighted by atomic mass is 79.9. The average molecular weight is 358 g/mol. The second-order valence-electron chi connectivity index (χ2n) is 6.54. The van der Waals surface area contributed by atoms with E-state index in [4.69, 9.17) is 4.74 Å². The predicted octanol–water partition coefficient (Wildman–Crippen LogP) is 3.01. The first-order valence-electron chi connectivity index (χ1n) is 7.44. The molecule has 2 heterocycles. The van der Waals surface area contributed by atoms with Gasteiger partial charge in [0.05, 0.1) is 4.62 Å². The summed E-state index contributed by atoms with van der Waals surface area (Å²) in [6.07, 6.45) is 3.82. The highest BCUT2D eigenvalue weighted by Gasteiger charge is 2.26. The Morgan fingerprint density at radius 1 is 1.29 bits per heavy atom. The van der Waals surface area contributed by atoms with Crippen LogP contribution in [0.15, 0.2) is 16.8 Å². The van der Waals surface area contributed by atoms with E-state index in [1.165, 1.54) is 5.57 Å². The minimum atomic E-state index is -0.424. The molecule has 0 aliphatic carbocycles. The van der Waals surface area contributed by atoms with Gasteiger partial charge in [-0.25, -0.2) is 4.79 Å². The lowest BCUT2D eigenvalue weighted by Crippen LogP contribution is -2.50. The van der Waals surface area contributed by atoms with E-state index < -0.39 is 5.60 Å². The topological polar surface area (TPSA) is 45.1 Å². The van der Waals surface area contributed by atoms with Crippen molar-refractivity contribution >= 4 is 26.6 Å². The van der Waals surface area contributed by atoms with Gasteiger partial charge in [0.2, 0.25) is 0 Å². The summed E-state index contributed by atoms with van der Waals surface area (Å²) in [5.41, 5.74) is 0.941. The van der Waals surface area contributed by atoms with Gasteiger partial charge < -0.3 is 9.64 Å². The van der Waals surface area contributed by atoms with Crippen LogP contribution in [0.25, 0.3) is 0 Å². The van der Waals surface area contributed by atoms with Crippen LogP contribution in [0.5, 0.6) is 0 Å². The molecule has 2 aliphatic rings. The summed E-state index contributed by atoms with van der Waals surface area (Å²) in [5.74, 6) is 0. The molecule has 0 N–H and O–H groups in total. The molecule has 118 valence electrons. The fraction of sp³-hybridized carbons (Fsp3) is 0.733. The van der Waals surface area contributed by atoms with Crippen LogP contribution in [-0.4, -0.2) is 58.8 Å². The third kappa shape index (κ3) is 5.43. The SMILES string of the molecule is CC(C)(C)OC(=O)N1CCN(CC2=CN=C(Br)CC2)CC1. The fourth-order valence-electron chi connectivity index (χ4n) is 2.38. The molecule has 5 nitrogen and oxygen atoms in total. The van der Waals surface area contributed by atoms with Crippen LogP contribution in [0, 0.1) is 0 Å². The van der Waals surface area contributed by atoms with E-state index in [1.807, 2.05) is 27.0 Å². The number of carbonyl (C=O) groups excluding carboxylic acids is 1. The first-order valence-corrected chi connectivity index (χ1v) is 8.23. The summed E-state index contributed by atoms with van der Waals surface area (Å²) >= 11 is 3.42. The van der Waals surface area contributed by atoms with Gasteiger partial charge in [-0.05, 0) is 48.7 Å². The number of aliphatic imine (C=N–C) groups is 1. The van der Waals surface area contributed by atoms with Crippen molar-refractivity contribution in [3.8, 4) is 0 Å². The largest absolute Gasteiger partial charge is 0.444 e. The zero-order valence-electron chi connectivity index (χ0n) is 13.1. The summed E-state index contributed by atoms with van der Waals surface area (Å²) in [6, 6.07) is 0. The number of piperazine rings is 1. The van der Waals surface area contributed by atoms with Crippen molar-refractivity contribution in [2.24, 2.45) is 4.99 Å². The molecule has 0 aromatic carbocycles. The van der Waals surface area contributed by atoms with Gasteiger partial charge in [0.1, 0.15) is 5.60 Å². The van der Waals surface area contributed by atoms with Gasteiger partial charge >= 0.3 is 6.09 Å². The number of amides is 1. The van der Waals surface area contributed by atoms with Crippen molar-refractivity contribution in [2.75, 3.05) is 32.7 Å². The van der Waals surface area contributed by atoms with Crippen LogP contribution >= 0.6 is 15.9 Å². The van der Waals surface area contributed by atoms with Crippen molar-refractivity contribution < 1.29 is 9.53 Å². The molecule has 21 heavy (non-hydrogen) atoms. The van der Waals surface area contributed by atoms with Crippen molar-refractivity contribution in [3.05, 3.63) is 11.8 Å². The first-order chi connectivity index (χ1) is 9.83. The monoisotopic (exact) mass is 357 g/mol. The maximum atomic E-state index is 12.0. The van der Waals surface area contributed by atoms with Crippen LogP contribution in [0.2, 0.25) is 0 Å². The molecule has 1 saturated heterocycles. The van der Waals surface area contributed by atoms with Crippen LogP contribution in [0.3, 0.4) is 0 Å².